The minimum absolute atomic E-state index is 0.269. The second-order valence-corrected chi connectivity index (χ2v) is 9.30. The highest BCUT2D eigenvalue weighted by Gasteiger charge is 2.60. The maximum absolute atomic E-state index is 13.9. The fourth-order valence-corrected chi connectivity index (χ4v) is 5.03. The zero-order valence-electron chi connectivity index (χ0n) is 21.4. The van der Waals surface area contributed by atoms with Crippen molar-refractivity contribution in [1.82, 2.24) is 0 Å². The van der Waals surface area contributed by atoms with Gasteiger partial charge in [0.15, 0.2) is 17.6 Å². The van der Waals surface area contributed by atoms with E-state index in [-0.39, 0.29) is 11.8 Å². The number of aryl methyl sites for hydroxylation is 1. The lowest BCUT2D eigenvalue weighted by molar-refractivity contribution is -0.126. The summed E-state index contributed by atoms with van der Waals surface area (Å²) in [5, 5.41) is 1.70. The quantitative estimate of drug-likeness (QED) is 0.280. The van der Waals surface area contributed by atoms with Gasteiger partial charge < -0.3 is 9.47 Å². The molecule has 3 atom stereocenters. The van der Waals surface area contributed by atoms with Crippen molar-refractivity contribution < 1.29 is 23.9 Å². The number of hydrogen-bond acceptors (Lipinski definition) is 6. The number of para-hydroxylation sites is 2. The van der Waals surface area contributed by atoms with Gasteiger partial charge in [0.1, 0.15) is 5.92 Å². The van der Waals surface area contributed by atoms with E-state index in [1.165, 1.54) is 4.90 Å². The van der Waals surface area contributed by atoms with E-state index in [1.807, 2.05) is 80.6 Å². The number of imide groups is 1. The van der Waals surface area contributed by atoms with Crippen LogP contribution in [0.3, 0.4) is 0 Å². The second kappa shape index (κ2) is 10.6. The Morgan fingerprint density at radius 3 is 2.35 bits per heavy atom. The van der Waals surface area contributed by atoms with Gasteiger partial charge in [-0.3, -0.25) is 14.4 Å². The van der Waals surface area contributed by atoms with Crippen LogP contribution in [0.4, 0.5) is 11.4 Å². The molecule has 2 aliphatic heterocycles. The Bertz CT molecular complexity index is 1280. The van der Waals surface area contributed by atoms with E-state index < -0.39 is 18.1 Å². The van der Waals surface area contributed by atoms with Crippen molar-refractivity contribution >= 4 is 23.2 Å². The predicted octanol–water partition coefficient (Wildman–Crippen LogP) is 5.62. The first-order chi connectivity index (χ1) is 18.0. The molecule has 0 spiro atoms. The summed E-state index contributed by atoms with van der Waals surface area (Å²) in [7, 11) is 0. The number of anilines is 2. The molecule has 192 valence electrons. The average Bonchev–Trinajstić information content (AvgIpc) is 3.42. The molecule has 0 saturated carbocycles. The normalized spacial score (nSPS) is 20.9. The molecule has 7 heteroatoms. The topological polar surface area (TPSA) is 68.3 Å². The van der Waals surface area contributed by atoms with Crippen LogP contribution in [0.5, 0.6) is 11.5 Å². The van der Waals surface area contributed by atoms with Crippen LogP contribution in [0, 0.1) is 12.8 Å². The monoisotopic (exact) mass is 500 g/mol. The third-order valence-corrected chi connectivity index (χ3v) is 6.85. The number of carbonyl (C=O) groups is 2. The molecular formula is C30H32N2O5. The molecule has 0 unspecified atom stereocenters. The van der Waals surface area contributed by atoms with E-state index in [0.29, 0.717) is 30.4 Å². The van der Waals surface area contributed by atoms with Crippen molar-refractivity contribution in [2.45, 2.75) is 45.8 Å². The Kier molecular flexibility index (Phi) is 7.15. The van der Waals surface area contributed by atoms with Gasteiger partial charge in [-0.1, -0.05) is 55.8 Å². The van der Waals surface area contributed by atoms with Crippen LogP contribution in [0.1, 0.15) is 43.9 Å². The largest absolute Gasteiger partial charge is 0.490 e. The molecule has 0 aromatic heterocycles. The van der Waals surface area contributed by atoms with Crippen molar-refractivity contribution in [2.24, 2.45) is 5.92 Å². The summed E-state index contributed by atoms with van der Waals surface area (Å²) in [5.41, 5.74) is 3.03. The van der Waals surface area contributed by atoms with Gasteiger partial charge in [-0.15, -0.1) is 0 Å². The second-order valence-electron chi connectivity index (χ2n) is 9.30. The van der Waals surface area contributed by atoms with Crippen LogP contribution in [0.2, 0.25) is 0 Å². The van der Waals surface area contributed by atoms with E-state index in [0.717, 1.165) is 29.7 Å². The summed E-state index contributed by atoms with van der Waals surface area (Å²) in [6.07, 6.45) is 1.05. The van der Waals surface area contributed by atoms with E-state index in [2.05, 4.69) is 6.92 Å². The van der Waals surface area contributed by atoms with E-state index >= 15 is 0 Å². The molecule has 2 fully saturated rings. The molecule has 2 aliphatic rings. The number of rotatable bonds is 9. The molecule has 2 heterocycles. The minimum Gasteiger partial charge on any atom is -0.490 e. The highest BCUT2D eigenvalue weighted by Crippen LogP contribution is 2.49. The smallest absolute Gasteiger partial charge is 0.266 e. The van der Waals surface area contributed by atoms with Gasteiger partial charge in [-0.05, 0) is 61.7 Å². The third-order valence-electron chi connectivity index (χ3n) is 6.85. The summed E-state index contributed by atoms with van der Waals surface area (Å²) < 4.78 is 11.9. The lowest BCUT2D eigenvalue weighted by atomic mass is 9.90. The van der Waals surface area contributed by atoms with Crippen LogP contribution in [-0.4, -0.2) is 31.1 Å². The minimum atomic E-state index is -0.923. The first kappa shape index (κ1) is 24.8. The third kappa shape index (κ3) is 4.55. The maximum atomic E-state index is 13.9. The van der Waals surface area contributed by atoms with Gasteiger partial charge in [-0.25, -0.2) is 9.96 Å². The Hall–Kier alpha value is -3.84. The Morgan fingerprint density at radius 1 is 0.865 bits per heavy atom. The number of fused-ring (bicyclic) bond motifs is 1. The molecule has 3 aromatic carbocycles. The molecule has 2 saturated heterocycles. The fraction of sp³-hybridized carbons (Fsp3) is 0.333. The van der Waals surface area contributed by atoms with Gasteiger partial charge in [0, 0.05) is 0 Å². The van der Waals surface area contributed by atoms with Crippen LogP contribution >= 0.6 is 0 Å². The zero-order chi connectivity index (χ0) is 25.9. The van der Waals surface area contributed by atoms with Crippen molar-refractivity contribution in [3.05, 3.63) is 83.9 Å². The summed E-state index contributed by atoms with van der Waals surface area (Å²) in [4.78, 5) is 35.0. The molecule has 7 nitrogen and oxygen atoms in total. The van der Waals surface area contributed by atoms with E-state index in [1.54, 1.807) is 11.1 Å². The lowest BCUT2D eigenvalue weighted by Crippen LogP contribution is -2.37. The maximum Gasteiger partial charge on any atom is 0.266 e. The number of hydrogen-bond donors (Lipinski definition) is 0. The number of nitrogens with zero attached hydrogens (tertiary/aromatic N) is 2. The van der Waals surface area contributed by atoms with Crippen molar-refractivity contribution in [1.29, 1.82) is 0 Å². The molecule has 0 bridgehead atoms. The molecular weight excluding hydrogens is 468 g/mol. The summed E-state index contributed by atoms with van der Waals surface area (Å²) in [5.74, 6) is -0.0591. The van der Waals surface area contributed by atoms with Gasteiger partial charge in [0.2, 0.25) is 5.91 Å². The lowest BCUT2D eigenvalue weighted by Gasteiger charge is -2.29. The van der Waals surface area contributed by atoms with Crippen molar-refractivity contribution in [2.75, 3.05) is 23.2 Å². The molecule has 5 rings (SSSR count). The summed E-state index contributed by atoms with van der Waals surface area (Å²) >= 11 is 0. The SMILES string of the molecule is CCCCOc1ccc([C@@H]2[C@@H]3C(=O)N(c4ccccc4C)C(=O)[C@H]3ON2c2ccccc2)cc1OCC. The highest BCUT2D eigenvalue weighted by atomic mass is 16.7. The van der Waals surface area contributed by atoms with Crippen LogP contribution < -0.4 is 19.4 Å². The Labute approximate surface area is 217 Å². The van der Waals surface area contributed by atoms with E-state index in [9.17, 15) is 9.59 Å². The van der Waals surface area contributed by atoms with E-state index in [4.69, 9.17) is 14.3 Å². The van der Waals surface area contributed by atoms with Crippen molar-refractivity contribution in [3.63, 3.8) is 0 Å². The Morgan fingerprint density at radius 2 is 1.62 bits per heavy atom. The van der Waals surface area contributed by atoms with Crippen molar-refractivity contribution in [3.8, 4) is 11.5 Å². The van der Waals surface area contributed by atoms with Gasteiger partial charge in [-0.2, -0.15) is 0 Å². The average molecular weight is 501 g/mol. The zero-order valence-corrected chi connectivity index (χ0v) is 21.4. The molecule has 0 N–H and O–H groups in total. The van der Waals surface area contributed by atoms with Crippen LogP contribution in [0.15, 0.2) is 72.8 Å². The van der Waals surface area contributed by atoms with Crippen LogP contribution in [0.25, 0.3) is 0 Å². The molecule has 2 amide bonds. The fourth-order valence-electron chi connectivity index (χ4n) is 5.03. The van der Waals surface area contributed by atoms with Crippen LogP contribution in [-0.2, 0) is 14.4 Å². The highest BCUT2D eigenvalue weighted by molar-refractivity contribution is 6.24. The number of amides is 2. The van der Waals surface area contributed by atoms with Gasteiger partial charge in [0.05, 0.1) is 30.6 Å². The Balaban J connectivity index is 1.56. The number of benzene rings is 3. The summed E-state index contributed by atoms with van der Waals surface area (Å²) in [6, 6.07) is 22.2. The molecule has 0 aliphatic carbocycles. The first-order valence-electron chi connectivity index (χ1n) is 12.9. The molecule has 3 aromatic rings. The van der Waals surface area contributed by atoms with Gasteiger partial charge >= 0.3 is 0 Å². The number of ether oxygens (including phenoxy) is 2. The molecule has 37 heavy (non-hydrogen) atoms. The number of hydroxylamine groups is 1. The summed E-state index contributed by atoms with van der Waals surface area (Å²) in [6.45, 7) is 7.00. The standard InChI is InChI=1S/C30H32N2O5/c1-4-6-18-36-24-17-16-21(19-25(24)35-5-2)27-26-28(37-32(27)22-13-8-7-9-14-22)30(34)31(29(26)33)23-15-11-10-12-20(23)3/h7-17,19,26-28H,4-6,18H2,1-3H3/t26-,27+,28-/m0/s1. The number of unbranched alkanes of at least 4 members (excludes halogenated alkanes) is 1. The van der Waals surface area contributed by atoms with Gasteiger partial charge in [0.25, 0.3) is 5.91 Å². The number of carbonyl (C=O) groups excluding carboxylic acids is 2. The predicted molar refractivity (Wildman–Crippen MR) is 142 cm³/mol. The molecule has 0 radical (unpaired) electrons. The first-order valence-corrected chi connectivity index (χ1v) is 12.9.